The van der Waals surface area contributed by atoms with Crippen molar-refractivity contribution in [2.75, 3.05) is 20.3 Å². The highest BCUT2D eigenvalue weighted by molar-refractivity contribution is 6.35. The van der Waals surface area contributed by atoms with Gasteiger partial charge in [-0.2, -0.15) is 0 Å². The molecule has 1 aromatic carbocycles. The van der Waals surface area contributed by atoms with E-state index < -0.39 is 5.60 Å². The van der Waals surface area contributed by atoms with Crippen molar-refractivity contribution in [2.24, 2.45) is 0 Å². The third kappa shape index (κ3) is 4.46. The van der Waals surface area contributed by atoms with Gasteiger partial charge in [-0.05, 0) is 25.1 Å². The maximum absolute atomic E-state index is 11.9. The average molecular weight is 292 g/mol. The number of benzene rings is 1. The largest absolute Gasteiger partial charge is 0.386 e. The molecule has 0 radical (unpaired) electrons. The van der Waals surface area contributed by atoms with Crippen LogP contribution in [0.5, 0.6) is 0 Å². The minimum atomic E-state index is -1.13. The molecule has 0 saturated heterocycles. The summed E-state index contributed by atoms with van der Waals surface area (Å²) in [5, 5.41) is 13.1. The van der Waals surface area contributed by atoms with Gasteiger partial charge >= 0.3 is 0 Å². The van der Waals surface area contributed by atoms with Crippen molar-refractivity contribution in [1.82, 2.24) is 5.32 Å². The number of aliphatic hydroxyl groups is 1. The molecule has 1 atom stereocenters. The second kappa shape index (κ2) is 6.38. The molecule has 18 heavy (non-hydrogen) atoms. The molecule has 0 aromatic heterocycles. The number of halogens is 2. The van der Waals surface area contributed by atoms with Crippen LogP contribution in [-0.4, -0.2) is 36.9 Å². The zero-order chi connectivity index (χ0) is 13.8. The Morgan fingerprint density at radius 3 is 2.78 bits per heavy atom. The Hall–Kier alpha value is -0.810. The molecule has 0 unspecified atom stereocenters. The normalized spacial score (nSPS) is 14.1. The van der Waals surface area contributed by atoms with Gasteiger partial charge in [-0.3, -0.25) is 4.79 Å². The van der Waals surface area contributed by atoms with Crippen LogP contribution >= 0.6 is 23.2 Å². The molecule has 1 aromatic rings. The lowest BCUT2D eigenvalue weighted by atomic mass is 10.1. The van der Waals surface area contributed by atoms with E-state index in [4.69, 9.17) is 27.9 Å². The predicted octanol–water partition coefficient (Wildman–Crippen LogP) is 2.12. The molecule has 4 nitrogen and oxygen atoms in total. The zero-order valence-electron chi connectivity index (χ0n) is 10.2. The number of methoxy groups -OCH3 is 1. The number of carbonyl (C=O) groups is 1. The first kappa shape index (κ1) is 15.2. The molecule has 2 N–H and O–H groups in total. The van der Waals surface area contributed by atoms with Crippen LogP contribution in [0.2, 0.25) is 10.0 Å². The fourth-order valence-corrected chi connectivity index (χ4v) is 1.77. The molecule has 0 heterocycles. The topological polar surface area (TPSA) is 58.6 Å². The van der Waals surface area contributed by atoms with Crippen molar-refractivity contribution in [2.45, 2.75) is 12.5 Å². The first-order chi connectivity index (χ1) is 8.35. The van der Waals surface area contributed by atoms with E-state index in [1.165, 1.54) is 13.2 Å². The Labute approximate surface area is 116 Å². The van der Waals surface area contributed by atoms with Crippen LogP contribution in [0.3, 0.4) is 0 Å². The van der Waals surface area contributed by atoms with E-state index in [9.17, 15) is 9.90 Å². The number of amides is 1. The summed E-state index contributed by atoms with van der Waals surface area (Å²) in [5.74, 6) is -0.390. The van der Waals surface area contributed by atoms with Gasteiger partial charge in [-0.1, -0.05) is 23.2 Å². The second-order valence-electron chi connectivity index (χ2n) is 4.24. The summed E-state index contributed by atoms with van der Waals surface area (Å²) in [4.78, 5) is 11.9. The van der Waals surface area contributed by atoms with Gasteiger partial charge in [0.15, 0.2) is 0 Å². The van der Waals surface area contributed by atoms with Crippen LogP contribution in [-0.2, 0) is 4.74 Å². The molecule has 1 rings (SSSR count). The van der Waals surface area contributed by atoms with Gasteiger partial charge in [0, 0.05) is 18.7 Å². The van der Waals surface area contributed by atoms with E-state index in [1.807, 2.05) is 0 Å². The minimum absolute atomic E-state index is 0.0581. The highest BCUT2D eigenvalue weighted by Gasteiger charge is 2.22. The van der Waals surface area contributed by atoms with E-state index in [-0.39, 0.29) is 24.6 Å². The van der Waals surface area contributed by atoms with Crippen molar-refractivity contribution >= 4 is 29.1 Å². The smallest absolute Gasteiger partial charge is 0.252 e. The molecule has 1 amide bonds. The van der Waals surface area contributed by atoms with Crippen LogP contribution in [0.15, 0.2) is 18.2 Å². The quantitative estimate of drug-likeness (QED) is 0.874. The van der Waals surface area contributed by atoms with Gasteiger partial charge in [0.1, 0.15) is 5.60 Å². The van der Waals surface area contributed by atoms with Gasteiger partial charge in [0.05, 0.1) is 17.2 Å². The number of hydrogen-bond acceptors (Lipinski definition) is 3. The third-order valence-corrected chi connectivity index (χ3v) is 2.82. The lowest BCUT2D eigenvalue weighted by Crippen LogP contribution is -2.43. The summed E-state index contributed by atoms with van der Waals surface area (Å²) in [6.45, 7) is 1.75. The van der Waals surface area contributed by atoms with Crippen molar-refractivity contribution in [3.63, 3.8) is 0 Å². The maximum Gasteiger partial charge on any atom is 0.252 e. The van der Waals surface area contributed by atoms with Crippen LogP contribution in [0.25, 0.3) is 0 Å². The molecule has 0 spiro atoms. The van der Waals surface area contributed by atoms with Gasteiger partial charge in [0.2, 0.25) is 0 Å². The molecule has 0 fully saturated rings. The minimum Gasteiger partial charge on any atom is -0.386 e. The summed E-state index contributed by atoms with van der Waals surface area (Å²) in [6, 6.07) is 4.62. The second-order valence-corrected chi connectivity index (χ2v) is 5.08. The summed E-state index contributed by atoms with van der Waals surface area (Å²) in [6.07, 6.45) is 0. The number of carbonyl (C=O) groups excluding carboxylic acids is 1. The molecule has 0 aliphatic carbocycles. The van der Waals surface area contributed by atoms with Crippen LogP contribution < -0.4 is 5.32 Å². The van der Waals surface area contributed by atoms with Gasteiger partial charge < -0.3 is 15.2 Å². The van der Waals surface area contributed by atoms with Crippen molar-refractivity contribution in [1.29, 1.82) is 0 Å². The van der Waals surface area contributed by atoms with Gasteiger partial charge in [-0.25, -0.2) is 0 Å². The Bertz CT molecular complexity index is 435. The summed E-state index contributed by atoms with van der Waals surface area (Å²) in [5.41, 5.74) is -0.854. The molecular weight excluding hydrogens is 277 g/mol. The van der Waals surface area contributed by atoms with E-state index in [0.29, 0.717) is 10.0 Å². The lowest BCUT2D eigenvalue weighted by molar-refractivity contribution is -0.0147. The standard InChI is InChI=1S/C12H15Cl2NO3/c1-12(17,7-18-2)6-15-11(16)9-5-8(13)3-4-10(9)14/h3-5,17H,6-7H2,1-2H3,(H,15,16)/t12-/m1/s1. The number of nitrogens with one attached hydrogen (secondary N) is 1. The molecular formula is C12H15Cl2NO3. The fraction of sp³-hybridized carbons (Fsp3) is 0.417. The Morgan fingerprint density at radius 2 is 2.17 bits per heavy atom. The monoisotopic (exact) mass is 291 g/mol. The molecule has 100 valence electrons. The number of hydrogen-bond donors (Lipinski definition) is 2. The van der Waals surface area contributed by atoms with E-state index >= 15 is 0 Å². The van der Waals surface area contributed by atoms with E-state index in [0.717, 1.165) is 0 Å². The van der Waals surface area contributed by atoms with E-state index in [1.54, 1.807) is 19.1 Å². The van der Waals surface area contributed by atoms with Gasteiger partial charge in [-0.15, -0.1) is 0 Å². The number of rotatable bonds is 5. The first-order valence-corrected chi connectivity index (χ1v) is 6.06. The van der Waals surface area contributed by atoms with Crippen LogP contribution in [0.4, 0.5) is 0 Å². The Kier molecular flexibility index (Phi) is 5.41. The molecule has 0 bridgehead atoms. The fourth-order valence-electron chi connectivity index (χ4n) is 1.40. The Morgan fingerprint density at radius 1 is 1.50 bits per heavy atom. The van der Waals surface area contributed by atoms with Crippen molar-refractivity contribution < 1.29 is 14.6 Å². The predicted molar refractivity (Wildman–Crippen MR) is 71.3 cm³/mol. The molecule has 0 aliphatic rings. The van der Waals surface area contributed by atoms with E-state index in [2.05, 4.69) is 5.32 Å². The first-order valence-electron chi connectivity index (χ1n) is 5.30. The third-order valence-electron chi connectivity index (χ3n) is 2.26. The Balaban J connectivity index is 2.69. The summed E-state index contributed by atoms with van der Waals surface area (Å²) < 4.78 is 4.84. The maximum atomic E-state index is 11.9. The highest BCUT2D eigenvalue weighted by Crippen LogP contribution is 2.20. The summed E-state index contributed by atoms with van der Waals surface area (Å²) in [7, 11) is 1.48. The zero-order valence-corrected chi connectivity index (χ0v) is 11.7. The van der Waals surface area contributed by atoms with Crippen molar-refractivity contribution in [3.8, 4) is 0 Å². The SMILES string of the molecule is COC[C@](C)(O)CNC(=O)c1cc(Cl)ccc1Cl. The molecule has 0 saturated carbocycles. The highest BCUT2D eigenvalue weighted by atomic mass is 35.5. The number of ether oxygens (including phenoxy) is 1. The average Bonchev–Trinajstić information content (AvgIpc) is 2.29. The van der Waals surface area contributed by atoms with Crippen LogP contribution in [0, 0.1) is 0 Å². The lowest BCUT2D eigenvalue weighted by Gasteiger charge is -2.22. The molecule has 6 heteroatoms. The van der Waals surface area contributed by atoms with Crippen LogP contribution in [0.1, 0.15) is 17.3 Å². The van der Waals surface area contributed by atoms with Gasteiger partial charge in [0.25, 0.3) is 5.91 Å². The molecule has 0 aliphatic heterocycles. The summed E-state index contributed by atoms with van der Waals surface area (Å²) >= 11 is 11.7. The van der Waals surface area contributed by atoms with Crippen molar-refractivity contribution in [3.05, 3.63) is 33.8 Å².